The minimum absolute atomic E-state index is 0.225. The van der Waals surface area contributed by atoms with E-state index in [-0.39, 0.29) is 5.69 Å². The first-order chi connectivity index (χ1) is 6.19. The van der Waals surface area contributed by atoms with Gasteiger partial charge in [0.1, 0.15) is 0 Å². The molecule has 4 nitrogen and oxygen atoms in total. The van der Waals surface area contributed by atoms with Gasteiger partial charge in [-0.3, -0.25) is 0 Å². The molecule has 1 rings (SSSR count). The Morgan fingerprint density at radius 1 is 1.46 bits per heavy atom. The van der Waals surface area contributed by atoms with E-state index in [1.165, 1.54) is 14.2 Å². The molecule has 13 heavy (non-hydrogen) atoms. The molecular formula is C8H8BrNO3. The van der Waals surface area contributed by atoms with Gasteiger partial charge in [-0.25, -0.2) is 9.78 Å². The highest BCUT2D eigenvalue weighted by Crippen LogP contribution is 2.21. The molecule has 0 saturated heterocycles. The quantitative estimate of drug-likeness (QED) is 0.744. The van der Waals surface area contributed by atoms with Crippen LogP contribution >= 0.6 is 15.9 Å². The van der Waals surface area contributed by atoms with Crippen molar-refractivity contribution in [2.75, 3.05) is 14.2 Å². The number of nitrogens with zero attached hydrogens (tertiary/aromatic N) is 1. The topological polar surface area (TPSA) is 48.4 Å². The van der Waals surface area contributed by atoms with Crippen molar-refractivity contribution >= 4 is 21.9 Å². The van der Waals surface area contributed by atoms with Crippen LogP contribution in [0.3, 0.4) is 0 Å². The van der Waals surface area contributed by atoms with Gasteiger partial charge in [-0.1, -0.05) is 0 Å². The minimum atomic E-state index is -0.481. The van der Waals surface area contributed by atoms with Gasteiger partial charge in [0.05, 0.1) is 18.7 Å². The van der Waals surface area contributed by atoms with Crippen LogP contribution in [0, 0.1) is 0 Å². The third-order valence-corrected chi connectivity index (χ3v) is 2.01. The maximum Gasteiger partial charge on any atom is 0.356 e. The van der Waals surface area contributed by atoms with Gasteiger partial charge in [-0.15, -0.1) is 0 Å². The van der Waals surface area contributed by atoms with Gasteiger partial charge >= 0.3 is 5.97 Å². The highest BCUT2D eigenvalue weighted by Gasteiger charge is 2.10. The van der Waals surface area contributed by atoms with Gasteiger partial charge in [0.2, 0.25) is 5.88 Å². The number of pyridine rings is 1. The smallest absolute Gasteiger partial charge is 0.356 e. The third-order valence-electron chi connectivity index (χ3n) is 1.40. The van der Waals surface area contributed by atoms with Crippen molar-refractivity contribution in [3.8, 4) is 5.88 Å². The first kappa shape index (κ1) is 9.98. The molecule has 0 unspecified atom stereocenters. The lowest BCUT2D eigenvalue weighted by atomic mass is 10.3. The van der Waals surface area contributed by atoms with Gasteiger partial charge in [-0.2, -0.15) is 0 Å². The van der Waals surface area contributed by atoms with E-state index in [1.807, 2.05) is 0 Å². The predicted molar refractivity (Wildman–Crippen MR) is 49.8 cm³/mol. The lowest BCUT2D eigenvalue weighted by molar-refractivity contribution is 0.0593. The molecule has 0 atom stereocenters. The zero-order chi connectivity index (χ0) is 9.84. The lowest BCUT2D eigenvalue weighted by Gasteiger charge is -2.03. The number of carbonyl (C=O) groups excluding carboxylic acids is 1. The molecule has 1 aromatic rings. The minimum Gasteiger partial charge on any atom is -0.480 e. The summed E-state index contributed by atoms with van der Waals surface area (Å²) in [6.45, 7) is 0. The molecule has 0 aliphatic carbocycles. The molecule has 0 amide bonds. The van der Waals surface area contributed by atoms with E-state index in [0.717, 1.165) is 0 Å². The van der Waals surface area contributed by atoms with Crippen molar-refractivity contribution in [1.82, 2.24) is 4.98 Å². The lowest BCUT2D eigenvalue weighted by Crippen LogP contribution is -2.05. The van der Waals surface area contributed by atoms with E-state index in [2.05, 4.69) is 25.7 Å². The fraction of sp³-hybridized carbons (Fsp3) is 0.250. The average molecular weight is 246 g/mol. The number of rotatable bonds is 2. The molecule has 0 aliphatic rings. The number of hydrogen-bond donors (Lipinski definition) is 0. The Morgan fingerprint density at radius 2 is 2.15 bits per heavy atom. The Labute approximate surface area is 84.0 Å². The van der Waals surface area contributed by atoms with Crippen LogP contribution in [-0.2, 0) is 4.74 Å². The molecule has 0 fully saturated rings. The summed E-state index contributed by atoms with van der Waals surface area (Å²) in [6, 6.07) is 3.23. The Bertz CT molecular complexity index is 327. The molecule has 1 heterocycles. The first-order valence-electron chi connectivity index (χ1n) is 3.48. The molecule has 5 heteroatoms. The summed E-state index contributed by atoms with van der Waals surface area (Å²) in [7, 11) is 2.78. The van der Waals surface area contributed by atoms with Gasteiger partial charge < -0.3 is 9.47 Å². The van der Waals surface area contributed by atoms with Crippen molar-refractivity contribution < 1.29 is 14.3 Å². The van der Waals surface area contributed by atoms with Crippen molar-refractivity contribution in [3.05, 3.63) is 22.3 Å². The van der Waals surface area contributed by atoms with Crippen molar-refractivity contribution in [3.63, 3.8) is 0 Å². The normalized spacial score (nSPS) is 9.46. The van der Waals surface area contributed by atoms with Crippen LogP contribution in [0.15, 0.2) is 16.6 Å². The first-order valence-corrected chi connectivity index (χ1v) is 4.27. The van der Waals surface area contributed by atoms with Gasteiger partial charge in [0, 0.05) is 0 Å². The number of esters is 1. The van der Waals surface area contributed by atoms with E-state index < -0.39 is 5.97 Å². The van der Waals surface area contributed by atoms with Crippen LogP contribution in [0.4, 0.5) is 0 Å². The third kappa shape index (κ3) is 2.18. The molecule has 0 bridgehead atoms. The number of carbonyl (C=O) groups is 1. The molecule has 1 aromatic heterocycles. The Hall–Kier alpha value is -1.10. The average Bonchev–Trinajstić information content (AvgIpc) is 2.17. The standard InChI is InChI=1S/C8H8BrNO3/c1-12-7-5(9)3-4-6(10-7)8(11)13-2/h3-4H,1-2H3. The molecule has 0 N–H and O–H groups in total. The summed E-state index contributed by atoms with van der Waals surface area (Å²) in [5.74, 6) is -0.117. The van der Waals surface area contributed by atoms with E-state index >= 15 is 0 Å². The second-order valence-corrected chi connectivity index (χ2v) is 3.03. The van der Waals surface area contributed by atoms with E-state index in [1.54, 1.807) is 12.1 Å². The number of hydrogen-bond acceptors (Lipinski definition) is 4. The number of aromatic nitrogens is 1. The van der Waals surface area contributed by atoms with Crippen LogP contribution in [0.25, 0.3) is 0 Å². The summed E-state index contributed by atoms with van der Waals surface area (Å²) in [5, 5.41) is 0. The van der Waals surface area contributed by atoms with Crippen LogP contribution in [0.2, 0.25) is 0 Å². The van der Waals surface area contributed by atoms with Gasteiger partial charge in [0.15, 0.2) is 5.69 Å². The summed E-state index contributed by atoms with van der Waals surface area (Å²) in [4.78, 5) is 15.0. The number of halogens is 1. The zero-order valence-electron chi connectivity index (χ0n) is 7.20. The summed E-state index contributed by atoms with van der Waals surface area (Å²) in [6.07, 6.45) is 0. The monoisotopic (exact) mass is 245 g/mol. The Balaban J connectivity index is 3.06. The van der Waals surface area contributed by atoms with Crippen molar-refractivity contribution in [2.24, 2.45) is 0 Å². The predicted octanol–water partition coefficient (Wildman–Crippen LogP) is 1.64. The molecule has 0 spiro atoms. The Kier molecular flexibility index (Phi) is 3.25. The van der Waals surface area contributed by atoms with Crippen LogP contribution < -0.4 is 4.74 Å². The maximum atomic E-state index is 11.0. The molecule has 70 valence electrons. The van der Waals surface area contributed by atoms with Gasteiger partial charge in [-0.05, 0) is 28.1 Å². The van der Waals surface area contributed by atoms with E-state index in [0.29, 0.717) is 10.4 Å². The molecular weight excluding hydrogens is 238 g/mol. The van der Waals surface area contributed by atoms with Crippen molar-refractivity contribution in [2.45, 2.75) is 0 Å². The van der Waals surface area contributed by atoms with Crippen LogP contribution in [-0.4, -0.2) is 25.2 Å². The fourth-order valence-corrected chi connectivity index (χ4v) is 1.17. The van der Waals surface area contributed by atoms with Gasteiger partial charge in [0.25, 0.3) is 0 Å². The molecule has 0 aromatic carbocycles. The highest BCUT2D eigenvalue weighted by molar-refractivity contribution is 9.10. The molecule has 0 aliphatic heterocycles. The number of ether oxygens (including phenoxy) is 2. The van der Waals surface area contributed by atoms with Crippen molar-refractivity contribution in [1.29, 1.82) is 0 Å². The largest absolute Gasteiger partial charge is 0.480 e. The Morgan fingerprint density at radius 3 is 2.69 bits per heavy atom. The summed E-state index contributed by atoms with van der Waals surface area (Å²) in [5.41, 5.74) is 0.225. The summed E-state index contributed by atoms with van der Waals surface area (Å²) < 4.78 is 10.1. The van der Waals surface area contributed by atoms with E-state index in [4.69, 9.17) is 4.74 Å². The van der Waals surface area contributed by atoms with E-state index in [9.17, 15) is 4.79 Å². The molecule has 0 radical (unpaired) electrons. The second-order valence-electron chi connectivity index (χ2n) is 2.18. The second kappa shape index (κ2) is 4.23. The fourth-order valence-electron chi connectivity index (χ4n) is 0.785. The highest BCUT2D eigenvalue weighted by atomic mass is 79.9. The maximum absolute atomic E-state index is 11.0. The van der Waals surface area contributed by atoms with Crippen LogP contribution in [0.1, 0.15) is 10.5 Å². The summed E-state index contributed by atoms with van der Waals surface area (Å²) >= 11 is 3.22. The zero-order valence-corrected chi connectivity index (χ0v) is 8.79. The SMILES string of the molecule is COC(=O)c1ccc(Br)c(OC)n1. The van der Waals surface area contributed by atoms with Crippen LogP contribution in [0.5, 0.6) is 5.88 Å². The number of methoxy groups -OCH3 is 2. The molecule has 0 saturated carbocycles.